The zero-order chi connectivity index (χ0) is 18.3. The van der Waals surface area contributed by atoms with E-state index in [4.69, 9.17) is 0 Å². The van der Waals surface area contributed by atoms with Crippen LogP contribution in [0.15, 0.2) is 58.1 Å². The van der Waals surface area contributed by atoms with Crippen LogP contribution in [0.1, 0.15) is 0 Å². The Morgan fingerprint density at radius 3 is 2.88 bits per heavy atom. The van der Waals surface area contributed by atoms with Crippen molar-refractivity contribution in [1.82, 2.24) is 9.55 Å². The molecule has 130 valence electrons. The van der Waals surface area contributed by atoms with Gasteiger partial charge in [0.2, 0.25) is 5.91 Å². The maximum absolute atomic E-state index is 13.8. The molecule has 0 spiro atoms. The summed E-state index contributed by atoms with van der Waals surface area (Å²) in [5.41, 5.74) is 0.399. The summed E-state index contributed by atoms with van der Waals surface area (Å²) in [6.07, 6.45) is 1.35. The van der Waals surface area contributed by atoms with Gasteiger partial charge in [0.1, 0.15) is 17.1 Å². The molecule has 4 rings (SSSR count). The number of nitrogens with zero attached hydrogens (tertiary/aromatic N) is 2. The van der Waals surface area contributed by atoms with Crippen LogP contribution in [0.25, 0.3) is 20.3 Å². The van der Waals surface area contributed by atoms with E-state index in [1.54, 1.807) is 6.07 Å². The zero-order valence-corrected chi connectivity index (χ0v) is 15.6. The highest BCUT2D eigenvalue weighted by atomic mass is 79.9. The Labute approximate surface area is 159 Å². The van der Waals surface area contributed by atoms with Crippen LogP contribution in [0.2, 0.25) is 0 Å². The van der Waals surface area contributed by atoms with Crippen LogP contribution in [0, 0.1) is 5.82 Å². The summed E-state index contributed by atoms with van der Waals surface area (Å²) in [6.45, 7) is -0.245. The van der Waals surface area contributed by atoms with Crippen LogP contribution in [0.4, 0.5) is 10.1 Å². The van der Waals surface area contributed by atoms with Crippen molar-refractivity contribution in [1.29, 1.82) is 0 Å². The third-order valence-corrected chi connectivity index (χ3v) is 5.51. The second kappa shape index (κ2) is 6.62. The quantitative estimate of drug-likeness (QED) is 0.529. The average molecular weight is 432 g/mol. The second-order valence-corrected chi connectivity index (χ2v) is 7.59. The fourth-order valence-corrected chi connectivity index (χ4v) is 4.10. The number of carbonyl (C=O) groups excluding carboxylic acids is 1. The molecule has 4 aromatic rings. The van der Waals surface area contributed by atoms with E-state index in [-0.39, 0.29) is 17.8 Å². The minimum atomic E-state index is -0.557. The number of rotatable bonds is 3. The number of amides is 1. The Hall–Kier alpha value is -2.58. The van der Waals surface area contributed by atoms with E-state index in [9.17, 15) is 14.0 Å². The van der Waals surface area contributed by atoms with Gasteiger partial charge >= 0.3 is 0 Å². The van der Waals surface area contributed by atoms with Crippen LogP contribution in [0.3, 0.4) is 0 Å². The molecule has 2 aromatic carbocycles. The first-order valence-electron chi connectivity index (χ1n) is 7.64. The zero-order valence-electron chi connectivity index (χ0n) is 13.2. The summed E-state index contributed by atoms with van der Waals surface area (Å²) in [7, 11) is 0. The van der Waals surface area contributed by atoms with E-state index in [2.05, 4.69) is 26.2 Å². The minimum absolute atomic E-state index is 0.0575. The molecule has 0 fully saturated rings. The highest BCUT2D eigenvalue weighted by molar-refractivity contribution is 9.10. The smallest absolute Gasteiger partial charge is 0.271 e. The molecule has 0 unspecified atom stereocenters. The van der Waals surface area contributed by atoms with Gasteiger partial charge in [-0.1, -0.05) is 34.1 Å². The molecule has 0 atom stereocenters. The lowest BCUT2D eigenvalue weighted by atomic mass is 10.2. The molecule has 0 bridgehead atoms. The monoisotopic (exact) mass is 431 g/mol. The number of nitrogens with one attached hydrogen (secondary N) is 1. The molecular weight excluding hydrogens is 421 g/mol. The third kappa shape index (κ3) is 3.02. The number of anilines is 1. The van der Waals surface area contributed by atoms with E-state index in [0.717, 1.165) is 10.1 Å². The first-order valence-corrected chi connectivity index (χ1v) is 9.25. The normalized spacial score (nSPS) is 11.2. The fourth-order valence-electron chi connectivity index (χ4n) is 2.66. The van der Waals surface area contributed by atoms with Crippen molar-refractivity contribution in [3.8, 4) is 0 Å². The van der Waals surface area contributed by atoms with Crippen molar-refractivity contribution in [2.45, 2.75) is 6.54 Å². The van der Waals surface area contributed by atoms with Crippen molar-refractivity contribution in [3.63, 3.8) is 0 Å². The number of carbonyl (C=O) groups is 1. The van der Waals surface area contributed by atoms with Crippen molar-refractivity contribution >= 4 is 59.2 Å². The number of hydrogen-bond acceptors (Lipinski definition) is 4. The van der Waals surface area contributed by atoms with Crippen molar-refractivity contribution in [3.05, 3.63) is 69.4 Å². The Balaban J connectivity index is 1.64. The minimum Gasteiger partial charge on any atom is -0.322 e. The second-order valence-electron chi connectivity index (χ2n) is 5.63. The number of benzene rings is 2. The lowest BCUT2D eigenvalue weighted by Crippen LogP contribution is -2.27. The Bertz CT molecular complexity index is 1220. The van der Waals surface area contributed by atoms with Gasteiger partial charge in [0.25, 0.3) is 5.56 Å². The largest absolute Gasteiger partial charge is 0.322 e. The first kappa shape index (κ1) is 16.9. The molecule has 0 saturated heterocycles. The molecule has 1 amide bonds. The highest BCUT2D eigenvalue weighted by Crippen LogP contribution is 2.29. The lowest BCUT2D eigenvalue weighted by molar-refractivity contribution is -0.116. The van der Waals surface area contributed by atoms with E-state index >= 15 is 0 Å². The number of hydrogen-bond donors (Lipinski definition) is 1. The standard InChI is InChI=1S/C18H11BrFN3O2S/c19-10-5-6-13(12(20)7-10)22-15(24)8-23-9-21-16-11-3-1-2-4-14(11)26-17(16)18(23)25/h1-7,9H,8H2,(H,22,24). The summed E-state index contributed by atoms with van der Waals surface area (Å²) < 4.78 is 17.1. The number of halogens is 2. The van der Waals surface area contributed by atoms with Gasteiger partial charge in [-0.05, 0) is 24.3 Å². The number of thiophene rings is 1. The van der Waals surface area contributed by atoms with Crippen LogP contribution in [-0.4, -0.2) is 15.5 Å². The molecule has 5 nitrogen and oxygen atoms in total. The van der Waals surface area contributed by atoms with Gasteiger partial charge in [-0.3, -0.25) is 14.2 Å². The summed E-state index contributed by atoms with van der Waals surface area (Å²) >= 11 is 4.50. The van der Waals surface area contributed by atoms with Gasteiger partial charge in [-0.15, -0.1) is 11.3 Å². The molecule has 0 saturated carbocycles. The van der Waals surface area contributed by atoms with Crippen LogP contribution < -0.4 is 10.9 Å². The van der Waals surface area contributed by atoms with E-state index in [1.165, 1.54) is 34.4 Å². The van der Waals surface area contributed by atoms with E-state index in [1.807, 2.05) is 24.3 Å². The predicted molar refractivity (Wildman–Crippen MR) is 104 cm³/mol. The molecule has 8 heteroatoms. The van der Waals surface area contributed by atoms with Gasteiger partial charge in [-0.25, -0.2) is 9.37 Å². The maximum Gasteiger partial charge on any atom is 0.271 e. The van der Waals surface area contributed by atoms with Gasteiger partial charge < -0.3 is 5.32 Å². The first-order chi connectivity index (χ1) is 12.5. The summed E-state index contributed by atoms with van der Waals surface area (Å²) in [6, 6.07) is 12.0. The van der Waals surface area contributed by atoms with Gasteiger partial charge in [0.15, 0.2) is 0 Å². The lowest BCUT2D eigenvalue weighted by Gasteiger charge is -2.08. The maximum atomic E-state index is 13.8. The molecule has 1 N–H and O–H groups in total. The van der Waals surface area contributed by atoms with Crippen molar-refractivity contribution < 1.29 is 9.18 Å². The van der Waals surface area contributed by atoms with Crippen molar-refractivity contribution in [2.75, 3.05) is 5.32 Å². The number of aromatic nitrogens is 2. The summed E-state index contributed by atoms with van der Waals surface area (Å²) in [4.78, 5) is 29.2. The third-order valence-electron chi connectivity index (χ3n) is 3.87. The van der Waals surface area contributed by atoms with Crippen LogP contribution >= 0.6 is 27.3 Å². The Morgan fingerprint density at radius 2 is 2.08 bits per heavy atom. The van der Waals surface area contributed by atoms with Gasteiger partial charge in [0.05, 0.1) is 17.5 Å². The van der Waals surface area contributed by atoms with Crippen LogP contribution in [-0.2, 0) is 11.3 Å². The molecule has 26 heavy (non-hydrogen) atoms. The highest BCUT2D eigenvalue weighted by Gasteiger charge is 2.14. The topological polar surface area (TPSA) is 64.0 Å². The van der Waals surface area contributed by atoms with Gasteiger partial charge in [-0.2, -0.15) is 0 Å². The van der Waals surface area contributed by atoms with Gasteiger partial charge in [0, 0.05) is 14.6 Å². The molecule has 0 aliphatic heterocycles. The molecule has 0 aliphatic rings. The van der Waals surface area contributed by atoms with Crippen molar-refractivity contribution in [2.24, 2.45) is 0 Å². The molecule has 2 heterocycles. The molecule has 0 aliphatic carbocycles. The molecular formula is C18H11BrFN3O2S. The SMILES string of the molecule is O=C(Cn1cnc2c(sc3ccccc32)c1=O)Nc1ccc(Br)cc1F. The Morgan fingerprint density at radius 1 is 1.27 bits per heavy atom. The van der Waals surface area contributed by atoms with E-state index in [0.29, 0.717) is 14.7 Å². The molecule has 2 aromatic heterocycles. The number of fused-ring (bicyclic) bond motifs is 3. The molecule has 0 radical (unpaired) electrons. The predicted octanol–water partition coefficient (Wildman–Crippen LogP) is 4.15. The van der Waals surface area contributed by atoms with E-state index < -0.39 is 11.7 Å². The average Bonchev–Trinajstić information content (AvgIpc) is 2.99. The summed E-state index contributed by atoms with van der Waals surface area (Å²) in [5.74, 6) is -1.06. The Kier molecular flexibility index (Phi) is 4.29. The fraction of sp³-hybridized carbons (Fsp3) is 0.0556. The van der Waals surface area contributed by atoms with Crippen LogP contribution in [0.5, 0.6) is 0 Å². The summed E-state index contributed by atoms with van der Waals surface area (Å²) in [5, 5.41) is 3.38.